The minimum atomic E-state index is 0.729. The van der Waals surface area contributed by atoms with Crippen LogP contribution in [0.3, 0.4) is 0 Å². The Bertz CT molecular complexity index is 209. The molecular weight excluding hydrogens is 268 g/mol. The molecular formula is C12H23BrN2O. The second kappa shape index (κ2) is 6.34. The van der Waals surface area contributed by atoms with Crippen LogP contribution in [0.25, 0.3) is 0 Å². The van der Waals surface area contributed by atoms with Gasteiger partial charge in [0.05, 0.1) is 13.2 Å². The summed E-state index contributed by atoms with van der Waals surface area (Å²) in [6.07, 6.45) is 1.30. The highest BCUT2D eigenvalue weighted by atomic mass is 79.9. The summed E-state index contributed by atoms with van der Waals surface area (Å²) < 4.78 is 5.36. The summed E-state index contributed by atoms with van der Waals surface area (Å²) in [7, 11) is 0. The van der Waals surface area contributed by atoms with E-state index in [0.717, 1.165) is 37.0 Å². The summed E-state index contributed by atoms with van der Waals surface area (Å²) in [6.45, 7) is 11.4. The highest BCUT2D eigenvalue weighted by Gasteiger charge is 2.24. The molecule has 0 aromatic heterocycles. The molecule has 0 saturated carbocycles. The highest BCUT2D eigenvalue weighted by molar-refractivity contribution is 9.09. The number of piperidine rings is 1. The molecule has 4 heteroatoms. The Morgan fingerprint density at radius 3 is 2.50 bits per heavy atom. The van der Waals surface area contributed by atoms with Gasteiger partial charge in [-0.15, -0.1) is 0 Å². The molecule has 0 radical (unpaired) electrons. The van der Waals surface area contributed by atoms with Crippen molar-refractivity contribution in [3.63, 3.8) is 0 Å². The monoisotopic (exact) mass is 290 g/mol. The first-order valence-corrected chi connectivity index (χ1v) is 7.34. The van der Waals surface area contributed by atoms with Crippen LogP contribution in [0.15, 0.2) is 0 Å². The van der Waals surface area contributed by atoms with Gasteiger partial charge in [0, 0.05) is 37.6 Å². The van der Waals surface area contributed by atoms with Crippen LogP contribution in [0.5, 0.6) is 0 Å². The van der Waals surface area contributed by atoms with Gasteiger partial charge in [0.2, 0.25) is 0 Å². The molecule has 2 aliphatic heterocycles. The zero-order chi connectivity index (χ0) is 11.4. The molecule has 94 valence electrons. The molecule has 0 bridgehead atoms. The number of halogens is 1. The van der Waals surface area contributed by atoms with Gasteiger partial charge >= 0.3 is 0 Å². The van der Waals surface area contributed by atoms with Crippen LogP contribution < -0.4 is 0 Å². The molecule has 16 heavy (non-hydrogen) atoms. The van der Waals surface area contributed by atoms with Gasteiger partial charge in [-0.05, 0) is 18.9 Å². The fourth-order valence-corrected chi connectivity index (χ4v) is 2.89. The maximum Gasteiger partial charge on any atom is 0.0594 e. The van der Waals surface area contributed by atoms with Crippen molar-refractivity contribution in [2.75, 3.05) is 52.5 Å². The maximum absolute atomic E-state index is 5.36. The van der Waals surface area contributed by atoms with Crippen LogP contribution in [0.4, 0.5) is 0 Å². The van der Waals surface area contributed by atoms with Crippen molar-refractivity contribution in [1.82, 2.24) is 9.80 Å². The summed E-state index contributed by atoms with van der Waals surface area (Å²) in [6, 6.07) is 0. The molecule has 0 aromatic carbocycles. The molecule has 2 rings (SSSR count). The van der Waals surface area contributed by atoms with E-state index in [2.05, 4.69) is 32.7 Å². The van der Waals surface area contributed by atoms with Crippen molar-refractivity contribution in [2.45, 2.75) is 18.2 Å². The van der Waals surface area contributed by atoms with Gasteiger partial charge in [-0.3, -0.25) is 4.90 Å². The fraction of sp³-hybridized carbons (Fsp3) is 1.00. The molecule has 0 aliphatic carbocycles. The van der Waals surface area contributed by atoms with Gasteiger partial charge in [-0.25, -0.2) is 0 Å². The Balaban J connectivity index is 1.65. The first-order chi connectivity index (χ1) is 7.75. The number of likely N-dealkylation sites (tertiary alicyclic amines) is 1. The van der Waals surface area contributed by atoms with Crippen molar-refractivity contribution in [2.24, 2.45) is 5.92 Å². The van der Waals surface area contributed by atoms with Crippen LogP contribution >= 0.6 is 15.9 Å². The predicted octanol–water partition coefficient (Wildman–Crippen LogP) is 1.42. The van der Waals surface area contributed by atoms with Crippen LogP contribution in [0.1, 0.15) is 13.3 Å². The zero-order valence-corrected chi connectivity index (χ0v) is 11.8. The van der Waals surface area contributed by atoms with Crippen molar-refractivity contribution < 1.29 is 4.74 Å². The standard InChI is InChI=1S/C12H23BrN2O/c1-11-10-15(3-2-12(11)13)5-4-14-6-8-16-9-7-14/h11-12H,2-10H2,1H3. The van der Waals surface area contributed by atoms with Gasteiger partial charge in [-0.1, -0.05) is 22.9 Å². The van der Waals surface area contributed by atoms with Crippen LogP contribution in [0.2, 0.25) is 0 Å². The average molecular weight is 291 g/mol. The summed E-state index contributed by atoms with van der Waals surface area (Å²) in [5.74, 6) is 0.790. The lowest BCUT2D eigenvalue weighted by atomic mass is 10.0. The quantitative estimate of drug-likeness (QED) is 0.732. The molecule has 2 saturated heterocycles. The van der Waals surface area contributed by atoms with Crippen LogP contribution in [-0.4, -0.2) is 67.1 Å². The van der Waals surface area contributed by atoms with E-state index in [1.54, 1.807) is 0 Å². The Morgan fingerprint density at radius 2 is 1.81 bits per heavy atom. The Labute approximate surface area is 107 Å². The average Bonchev–Trinajstić information content (AvgIpc) is 2.32. The largest absolute Gasteiger partial charge is 0.379 e. The van der Waals surface area contributed by atoms with E-state index in [0.29, 0.717) is 0 Å². The number of rotatable bonds is 3. The second-order valence-corrected chi connectivity index (χ2v) is 6.21. The lowest BCUT2D eigenvalue weighted by Crippen LogP contribution is -2.45. The molecule has 3 nitrogen and oxygen atoms in total. The lowest BCUT2D eigenvalue weighted by molar-refractivity contribution is 0.0314. The van der Waals surface area contributed by atoms with Crippen molar-refractivity contribution in [1.29, 1.82) is 0 Å². The Morgan fingerprint density at radius 1 is 1.12 bits per heavy atom. The van der Waals surface area contributed by atoms with E-state index >= 15 is 0 Å². The molecule has 2 unspecified atom stereocenters. The molecule has 2 aliphatic rings. The number of alkyl halides is 1. The molecule has 0 N–H and O–H groups in total. The Hall–Kier alpha value is 0.360. The predicted molar refractivity (Wildman–Crippen MR) is 70.2 cm³/mol. The number of hydrogen-bond donors (Lipinski definition) is 0. The Kier molecular flexibility index (Phi) is 5.07. The first kappa shape index (κ1) is 12.8. The third-order valence-electron chi connectivity index (χ3n) is 3.72. The van der Waals surface area contributed by atoms with Gasteiger partial charge < -0.3 is 9.64 Å². The molecule has 0 aromatic rings. The van der Waals surface area contributed by atoms with Crippen molar-refractivity contribution >= 4 is 15.9 Å². The van der Waals surface area contributed by atoms with Crippen molar-refractivity contribution in [3.05, 3.63) is 0 Å². The minimum Gasteiger partial charge on any atom is -0.379 e. The highest BCUT2D eigenvalue weighted by Crippen LogP contribution is 2.22. The number of morpholine rings is 1. The van der Waals surface area contributed by atoms with E-state index < -0.39 is 0 Å². The van der Waals surface area contributed by atoms with E-state index in [4.69, 9.17) is 4.74 Å². The zero-order valence-electron chi connectivity index (χ0n) is 10.2. The van der Waals surface area contributed by atoms with E-state index in [1.165, 1.54) is 32.6 Å². The number of hydrogen-bond acceptors (Lipinski definition) is 3. The van der Waals surface area contributed by atoms with E-state index in [1.807, 2.05) is 0 Å². The maximum atomic E-state index is 5.36. The molecule has 2 heterocycles. The van der Waals surface area contributed by atoms with Gasteiger partial charge in [-0.2, -0.15) is 0 Å². The van der Waals surface area contributed by atoms with Crippen LogP contribution in [-0.2, 0) is 4.74 Å². The molecule has 0 spiro atoms. The van der Waals surface area contributed by atoms with E-state index in [-0.39, 0.29) is 0 Å². The summed E-state index contributed by atoms with van der Waals surface area (Å²) >= 11 is 3.76. The molecule has 2 atom stereocenters. The third kappa shape index (κ3) is 3.69. The smallest absolute Gasteiger partial charge is 0.0594 e. The summed E-state index contributed by atoms with van der Waals surface area (Å²) in [4.78, 5) is 5.86. The summed E-state index contributed by atoms with van der Waals surface area (Å²) in [5, 5.41) is 0. The lowest BCUT2D eigenvalue weighted by Gasteiger charge is -2.36. The SMILES string of the molecule is CC1CN(CCN2CCOCC2)CCC1Br. The fourth-order valence-electron chi connectivity index (χ4n) is 2.51. The van der Waals surface area contributed by atoms with Gasteiger partial charge in [0.1, 0.15) is 0 Å². The topological polar surface area (TPSA) is 15.7 Å². The molecule has 0 amide bonds. The normalized spacial score (nSPS) is 34.1. The van der Waals surface area contributed by atoms with E-state index in [9.17, 15) is 0 Å². The van der Waals surface area contributed by atoms with Gasteiger partial charge in [0.15, 0.2) is 0 Å². The molecule has 2 fully saturated rings. The number of ether oxygens (including phenoxy) is 1. The first-order valence-electron chi connectivity index (χ1n) is 6.42. The van der Waals surface area contributed by atoms with Crippen molar-refractivity contribution in [3.8, 4) is 0 Å². The minimum absolute atomic E-state index is 0.729. The number of nitrogens with zero attached hydrogens (tertiary/aromatic N) is 2. The van der Waals surface area contributed by atoms with Gasteiger partial charge in [0.25, 0.3) is 0 Å². The van der Waals surface area contributed by atoms with Crippen LogP contribution in [0, 0.1) is 5.92 Å². The second-order valence-electron chi connectivity index (χ2n) is 5.04. The summed E-state index contributed by atoms with van der Waals surface area (Å²) in [5.41, 5.74) is 0. The third-order valence-corrected chi connectivity index (χ3v) is 5.08.